The molecule has 1 aliphatic carbocycles. The van der Waals surface area contributed by atoms with Gasteiger partial charge in [-0.1, -0.05) is 32.5 Å². The van der Waals surface area contributed by atoms with Crippen LogP contribution in [0, 0.1) is 11.3 Å². The van der Waals surface area contributed by atoms with Crippen LogP contribution in [-0.2, 0) is 4.79 Å². The lowest BCUT2D eigenvalue weighted by atomic mass is 9.67. The van der Waals surface area contributed by atoms with E-state index in [1.165, 1.54) is 0 Å². The van der Waals surface area contributed by atoms with Crippen LogP contribution in [0.4, 0.5) is 0 Å². The average molecular weight is 256 g/mol. The van der Waals surface area contributed by atoms with E-state index in [1.807, 2.05) is 18.7 Å². The molecule has 1 amide bonds. The lowest BCUT2D eigenvalue weighted by Crippen LogP contribution is -2.56. The van der Waals surface area contributed by atoms with Crippen LogP contribution in [-0.4, -0.2) is 28.4 Å². The van der Waals surface area contributed by atoms with Crippen molar-refractivity contribution >= 4 is 23.1 Å². The molecule has 1 rings (SSSR count). The molecule has 4 heteroatoms. The summed E-state index contributed by atoms with van der Waals surface area (Å²) < 4.78 is 0. The first-order chi connectivity index (χ1) is 7.81. The summed E-state index contributed by atoms with van der Waals surface area (Å²) in [7, 11) is 0. The summed E-state index contributed by atoms with van der Waals surface area (Å²) in [6.07, 6.45) is 2.70. The van der Waals surface area contributed by atoms with Crippen molar-refractivity contribution in [1.29, 1.82) is 0 Å². The molecule has 0 spiro atoms. The molecule has 0 aromatic carbocycles. The van der Waals surface area contributed by atoms with E-state index < -0.39 is 5.41 Å². The second kappa shape index (κ2) is 5.34. The van der Waals surface area contributed by atoms with Crippen LogP contribution in [0.1, 0.15) is 47.0 Å². The zero-order valence-corrected chi connectivity index (χ0v) is 12.1. The van der Waals surface area contributed by atoms with Gasteiger partial charge < -0.3 is 10.6 Å². The van der Waals surface area contributed by atoms with Gasteiger partial charge in [-0.25, -0.2) is 0 Å². The maximum Gasteiger partial charge on any atom is 0.235 e. The number of amides is 1. The van der Waals surface area contributed by atoms with Gasteiger partial charge in [-0.15, -0.1) is 0 Å². The summed E-state index contributed by atoms with van der Waals surface area (Å²) in [4.78, 5) is 14.9. The molecule has 0 saturated heterocycles. The van der Waals surface area contributed by atoms with E-state index >= 15 is 0 Å². The predicted molar refractivity (Wildman–Crippen MR) is 74.8 cm³/mol. The van der Waals surface area contributed by atoms with E-state index in [1.54, 1.807) is 0 Å². The first-order valence-corrected chi connectivity index (χ1v) is 6.83. The van der Waals surface area contributed by atoms with E-state index in [0.717, 1.165) is 25.8 Å². The molecular formula is C13H24N2OS. The largest absolute Gasteiger partial charge is 0.392 e. The van der Waals surface area contributed by atoms with Gasteiger partial charge in [-0.2, -0.15) is 0 Å². The third-order valence-electron chi connectivity index (χ3n) is 3.53. The molecule has 0 heterocycles. The highest BCUT2D eigenvalue weighted by Gasteiger charge is 2.49. The molecule has 0 aromatic rings. The number of hydrogen-bond donors (Lipinski definition) is 1. The number of thiocarbonyl (C=S) groups is 1. The van der Waals surface area contributed by atoms with Gasteiger partial charge in [0.05, 0.1) is 10.4 Å². The molecule has 0 atom stereocenters. The summed E-state index contributed by atoms with van der Waals surface area (Å²) in [6.45, 7) is 9.12. The van der Waals surface area contributed by atoms with E-state index in [4.69, 9.17) is 18.0 Å². The van der Waals surface area contributed by atoms with Crippen LogP contribution < -0.4 is 5.73 Å². The Hall–Kier alpha value is -0.640. The fourth-order valence-corrected chi connectivity index (χ4v) is 2.58. The molecule has 17 heavy (non-hydrogen) atoms. The number of nitrogens with zero attached hydrogens (tertiary/aromatic N) is 1. The molecule has 0 bridgehead atoms. The Balaban J connectivity index is 2.87. The number of rotatable bonds is 5. The van der Waals surface area contributed by atoms with Crippen LogP contribution >= 0.6 is 12.2 Å². The highest BCUT2D eigenvalue weighted by molar-refractivity contribution is 7.80. The van der Waals surface area contributed by atoms with Gasteiger partial charge in [0.25, 0.3) is 0 Å². The summed E-state index contributed by atoms with van der Waals surface area (Å²) >= 11 is 5.11. The maximum atomic E-state index is 12.6. The van der Waals surface area contributed by atoms with Crippen molar-refractivity contribution in [1.82, 2.24) is 4.90 Å². The topological polar surface area (TPSA) is 46.3 Å². The van der Waals surface area contributed by atoms with Crippen molar-refractivity contribution in [2.75, 3.05) is 6.54 Å². The van der Waals surface area contributed by atoms with E-state index in [2.05, 4.69) is 13.8 Å². The molecule has 2 N–H and O–H groups in total. The van der Waals surface area contributed by atoms with Gasteiger partial charge in [-0.05, 0) is 32.6 Å². The zero-order chi connectivity index (χ0) is 13.2. The van der Waals surface area contributed by atoms with Crippen molar-refractivity contribution in [3.8, 4) is 0 Å². The van der Waals surface area contributed by atoms with Crippen LogP contribution in [0.5, 0.6) is 0 Å². The minimum atomic E-state index is -0.533. The molecule has 1 saturated carbocycles. The Bertz CT molecular complexity index is 309. The molecule has 0 radical (unpaired) electrons. The monoisotopic (exact) mass is 256 g/mol. The molecular weight excluding hydrogens is 232 g/mol. The van der Waals surface area contributed by atoms with E-state index in [0.29, 0.717) is 10.9 Å². The van der Waals surface area contributed by atoms with Crippen LogP contribution in [0.25, 0.3) is 0 Å². The summed E-state index contributed by atoms with van der Waals surface area (Å²) in [5, 5.41) is 0. The quantitative estimate of drug-likeness (QED) is 0.768. The van der Waals surface area contributed by atoms with Crippen molar-refractivity contribution in [2.24, 2.45) is 17.1 Å². The molecule has 3 nitrogen and oxygen atoms in total. The number of hydrogen-bond acceptors (Lipinski definition) is 2. The van der Waals surface area contributed by atoms with Crippen molar-refractivity contribution in [3.63, 3.8) is 0 Å². The van der Waals surface area contributed by atoms with Gasteiger partial charge >= 0.3 is 0 Å². The highest BCUT2D eigenvalue weighted by atomic mass is 32.1. The van der Waals surface area contributed by atoms with E-state index in [-0.39, 0.29) is 11.9 Å². The molecule has 0 aliphatic heterocycles. The van der Waals surface area contributed by atoms with Gasteiger partial charge in [0, 0.05) is 12.6 Å². The van der Waals surface area contributed by atoms with Crippen LogP contribution in [0.15, 0.2) is 0 Å². The predicted octanol–water partition coefficient (Wildman–Crippen LogP) is 2.34. The van der Waals surface area contributed by atoms with Gasteiger partial charge in [0.2, 0.25) is 5.91 Å². The fourth-order valence-electron chi connectivity index (χ4n) is 2.29. The summed E-state index contributed by atoms with van der Waals surface area (Å²) in [6, 6.07) is 0.205. The van der Waals surface area contributed by atoms with Crippen LogP contribution in [0.3, 0.4) is 0 Å². The molecule has 0 unspecified atom stereocenters. The van der Waals surface area contributed by atoms with E-state index in [9.17, 15) is 4.79 Å². The second-order valence-corrected chi connectivity index (χ2v) is 6.18. The Kier molecular flexibility index (Phi) is 4.53. The lowest BCUT2D eigenvalue weighted by molar-refractivity contribution is -0.144. The van der Waals surface area contributed by atoms with Crippen molar-refractivity contribution in [3.05, 3.63) is 0 Å². The number of nitrogens with two attached hydrogens (primary N) is 1. The molecule has 0 aromatic heterocycles. The Labute approximate surface area is 110 Å². The number of carbonyl (C=O) groups excluding carboxylic acids is 1. The minimum absolute atomic E-state index is 0.139. The SMILES string of the molecule is CC(C)CN(C(=O)C1(C(N)=S)CCC1)C(C)C. The Morgan fingerprint density at radius 3 is 2.12 bits per heavy atom. The molecule has 1 aliphatic rings. The fraction of sp³-hybridized carbons (Fsp3) is 0.846. The Morgan fingerprint density at radius 2 is 1.88 bits per heavy atom. The molecule has 98 valence electrons. The standard InChI is InChI=1S/C13H24N2OS/c1-9(2)8-15(10(3)4)12(16)13(11(14)17)6-5-7-13/h9-10H,5-8H2,1-4H3,(H2,14,17). The third kappa shape index (κ3) is 2.79. The van der Waals surface area contributed by atoms with Gasteiger partial charge in [0.1, 0.15) is 0 Å². The Morgan fingerprint density at radius 1 is 1.35 bits per heavy atom. The summed E-state index contributed by atoms with van der Waals surface area (Å²) in [5.74, 6) is 0.602. The maximum absolute atomic E-state index is 12.6. The smallest absolute Gasteiger partial charge is 0.235 e. The van der Waals surface area contributed by atoms with Crippen LogP contribution in [0.2, 0.25) is 0 Å². The van der Waals surface area contributed by atoms with Gasteiger partial charge in [0.15, 0.2) is 0 Å². The average Bonchev–Trinajstić information content (AvgIpc) is 2.10. The minimum Gasteiger partial charge on any atom is -0.392 e. The van der Waals surface area contributed by atoms with Crippen molar-refractivity contribution < 1.29 is 4.79 Å². The molecule has 1 fully saturated rings. The third-order valence-corrected chi connectivity index (χ3v) is 3.92. The summed E-state index contributed by atoms with van der Waals surface area (Å²) in [5.41, 5.74) is 5.25. The highest BCUT2D eigenvalue weighted by Crippen LogP contribution is 2.43. The normalized spacial score (nSPS) is 18.0. The first-order valence-electron chi connectivity index (χ1n) is 6.42. The zero-order valence-electron chi connectivity index (χ0n) is 11.3. The second-order valence-electron chi connectivity index (χ2n) is 5.75. The number of carbonyl (C=O) groups is 1. The van der Waals surface area contributed by atoms with Gasteiger partial charge in [-0.3, -0.25) is 4.79 Å². The first kappa shape index (κ1) is 14.4. The lowest BCUT2D eigenvalue weighted by Gasteiger charge is -2.44. The van der Waals surface area contributed by atoms with Crippen molar-refractivity contribution in [2.45, 2.75) is 53.0 Å².